The number of allylic oxidation sites excluding steroid dienone is 4. The van der Waals surface area contributed by atoms with E-state index < -0.39 is 30.6 Å². The molecule has 0 saturated heterocycles. The van der Waals surface area contributed by atoms with Crippen LogP contribution in [-0.4, -0.2) is 35.4 Å². The Labute approximate surface area is 135 Å². The van der Waals surface area contributed by atoms with Crippen molar-refractivity contribution in [2.45, 2.75) is 0 Å². The quantitative estimate of drug-likeness (QED) is 0.275. The van der Waals surface area contributed by atoms with Crippen molar-refractivity contribution in [1.29, 1.82) is 0 Å². The van der Waals surface area contributed by atoms with Crippen molar-refractivity contribution in [3.8, 4) is 0 Å². The van der Waals surface area contributed by atoms with Crippen molar-refractivity contribution >= 4 is 11.9 Å². The van der Waals surface area contributed by atoms with E-state index in [0.717, 1.165) is 12.2 Å². The molecule has 0 atom stereocenters. The predicted octanol–water partition coefficient (Wildman–Crippen LogP) is 1.56. The SMILES string of the molecule is C=CC=C(OC(=O)C=C)C(CO)(CO)C(=CC=C)OC(=O)C=C. The number of aliphatic hydroxyl groups is 2. The van der Waals surface area contributed by atoms with Gasteiger partial charge in [-0.25, -0.2) is 9.59 Å². The third kappa shape index (κ3) is 5.21. The van der Waals surface area contributed by atoms with Gasteiger partial charge in [0.15, 0.2) is 0 Å². The number of aliphatic hydroxyl groups excluding tert-OH is 2. The standard InChI is InChI=1S/C17H20O6/c1-5-9-13(22-15(20)7-3)17(11-18,12-19)14(10-6-2)23-16(21)8-4/h5-10,18-19H,1-4,11-12H2. The van der Waals surface area contributed by atoms with Crippen molar-refractivity contribution in [3.05, 3.63) is 74.3 Å². The largest absolute Gasteiger partial charge is 0.427 e. The normalized spacial score (nSPS) is 12.1. The molecule has 23 heavy (non-hydrogen) atoms. The molecule has 6 heteroatoms. The molecule has 0 radical (unpaired) electrons. The summed E-state index contributed by atoms with van der Waals surface area (Å²) in [6.45, 7) is 12.0. The van der Waals surface area contributed by atoms with E-state index in [1.807, 2.05) is 0 Å². The maximum absolute atomic E-state index is 11.5. The first-order chi connectivity index (χ1) is 10.9. The van der Waals surface area contributed by atoms with E-state index in [9.17, 15) is 19.8 Å². The summed E-state index contributed by atoms with van der Waals surface area (Å²) >= 11 is 0. The Balaban J connectivity index is 6.16. The van der Waals surface area contributed by atoms with Crippen LogP contribution in [0.3, 0.4) is 0 Å². The summed E-state index contributed by atoms with van der Waals surface area (Å²) in [5.41, 5.74) is -1.71. The molecule has 2 N–H and O–H groups in total. The molecule has 0 aromatic carbocycles. The van der Waals surface area contributed by atoms with Crippen LogP contribution in [0.25, 0.3) is 0 Å². The summed E-state index contributed by atoms with van der Waals surface area (Å²) in [7, 11) is 0. The lowest BCUT2D eigenvalue weighted by Crippen LogP contribution is -2.37. The monoisotopic (exact) mass is 320 g/mol. The van der Waals surface area contributed by atoms with Crippen molar-refractivity contribution in [2.75, 3.05) is 13.2 Å². The first-order valence-electron chi connectivity index (χ1n) is 6.52. The summed E-state index contributed by atoms with van der Waals surface area (Å²) in [6.07, 6.45) is 6.89. The Hall–Kier alpha value is -2.70. The second kappa shape index (κ2) is 10.1. The zero-order valence-corrected chi connectivity index (χ0v) is 12.7. The molecule has 0 aliphatic heterocycles. The minimum absolute atomic E-state index is 0.174. The van der Waals surface area contributed by atoms with Crippen LogP contribution >= 0.6 is 0 Å². The predicted molar refractivity (Wildman–Crippen MR) is 85.7 cm³/mol. The highest BCUT2D eigenvalue weighted by molar-refractivity contribution is 5.83. The fraction of sp³-hybridized carbons (Fsp3) is 0.176. The van der Waals surface area contributed by atoms with Gasteiger partial charge in [0, 0.05) is 12.2 Å². The van der Waals surface area contributed by atoms with Crippen LogP contribution < -0.4 is 0 Å². The molecule has 0 saturated carbocycles. The maximum Gasteiger partial charge on any atom is 0.335 e. The summed E-state index contributed by atoms with van der Waals surface area (Å²) in [4.78, 5) is 23.0. The van der Waals surface area contributed by atoms with E-state index >= 15 is 0 Å². The number of esters is 2. The minimum Gasteiger partial charge on any atom is -0.427 e. The smallest absolute Gasteiger partial charge is 0.335 e. The number of rotatable bonds is 10. The first-order valence-corrected chi connectivity index (χ1v) is 6.52. The summed E-state index contributed by atoms with van der Waals surface area (Å²) in [6, 6.07) is 0. The van der Waals surface area contributed by atoms with Crippen LogP contribution in [0.15, 0.2) is 74.3 Å². The van der Waals surface area contributed by atoms with Crippen LogP contribution in [0.2, 0.25) is 0 Å². The summed E-state index contributed by atoms with van der Waals surface area (Å²) < 4.78 is 10.1. The van der Waals surface area contributed by atoms with E-state index in [1.54, 1.807) is 0 Å². The zero-order chi connectivity index (χ0) is 17.9. The van der Waals surface area contributed by atoms with E-state index in [1.165, 1.54) is 24.3 Å². The Morgan fingerprint density at radius 2 is 1.17 bits per heavy atom. The molecule has 0 heterocycles. The van der Waals surface area contributed by atoms with Crippen molar-refractivity contribution in [2.24, 2.45) is 5.41 Å². The fourth-order valence-corrected chi connectivity index (χ4v) is 1.58. The molecule has 6 nitrogen and oxygen atoms in total. The number of hydrogen-bond acceptors (Lipinski definition) is 6. The van der Waals surface area contributed by atoms with Gasteiger partial charge < -0.3 is 19.7 Å². The Morgan fingerprint density at radius 3 is 1.39 bits per heavy atom. The fourth-order valence-electron chi connectivity index (χ4n) is 1.58. The van der Waals surface area contributed by atoms with Gasteiger partial charge in [0.25, 0.3) is 0 Å². The number of ether oxygens (including phenoxy) is 2. The Bertz CT molecular complexity index is 503. The van der Waals surface area contributed by atoms with Gasteiger partial charge in [-0.2, -0.15) is 0 Å². The molecule has 0 rings (SSSR count). The molecule has 0 aliphatic carbocycles. The highest BCUT2D eigenvalue weighted by Gasteiger charge is 2.42. The Kier molecular flexibility index (Phi) is 8.91. The number of carbonyl (C=O) groups is 2. The second-order valence-corrected chi connectivity index (χ2v) is 4.18. The molecule has 0 fully saturated rings. The molecule has 0 spiro atoms. The highest BCUT2D eigenvalue weighted by Crippen LogP contribution is 2.37. The molecule has 0 aliphatic rings. The molecule has 0 unspecified atom stereocenters. The van der Waals surface area contributed by atoms with Crippen LogP contribution in [0.1, 0.15) is 0 Å². The third-order valence-electron chi connectivity index (χ3n) is 2.78. The molecule has 0 aromatic heterocycles. The van der Waals surface area contributed by atoms with Gasteiger partial charge in [-0.15, -0.1) is 0 Å². The average molecular weight is 320 g/mol. The Morgan fingerprint density at radius 1 is 0.826 bits per heavy atom. The lowest BCUT2D eigenvalue weighted by molar-refractivity contribution is -0.139. The van der Waals surface area contributed by atoms with E-state index in [2.05, 4.69) is 26.3 Å². The van der Waals surface area contributed by atoms with Crippen LogP contribution in [0, 0.1) is 5.41 Å². The number of carbonyl (C=O) groups excluding carboxylic acids is 2. The van der Waals surface area contributed by atoms with Gasteiger partial charge in [-0.3, -0.25) is 0 Å². The van der Waals surface area contributed by atoms with Gasteiger partial charge in [-0.05, 0) is 12.2 Å². The van der Waals surface area contributed by atoms with Gasteiger partial charge in [0.05, 0.1) is 13.2 Å². The topological polar surface area (TPSA) is 93.1 Å². The molecule has 0 bridgehead atoms. The van der Waals surface area contributed by atoms with Crippen molar-refractivity contribution in [3.63, 3.8) is 0 Å². The van der Waals surface area contributed by atoms with E-state index in [-0.39, 0.29) is 11.5 Å². The summed E-state index contributed by atoms with van der Waals surface area (Å²) in [5, 5.41) is 19.6. The van der Waals surface area contributed by atoms with Crippen molar-refractivity contribution < 1.29 is 29.3 Å². The van der Waals surface area contributed by atoms with E-state index in [0.29, 0.717) is 0 Å². The zero-order valence-electron chi connectivity index (χ0n) is 12.7. The number of hydrogen-bond donors (Lipinski definition) is 2. The van der Waals surface area contributed by atoms with Gasteiger partial charge in [0.1, 0.15) is 16.9 Å². The first kappa shape index (κ1) is 20.3. The van der Waals surface area contributed by atoms with E-state index in [4.69, 9.17) is 9.47 Å². The van der Waals surface area contributed by atoms with Crippen LogP contribution in [0.5, 0.6) is 0 Å². The lowest BCUT2D eigenvalue weighted by atomic mass is 9.84. The maximum atomic E-state index is 11.5. The van der Waals surface area contributed by atoms with Crippen molar-refractivity contribution in [1.82, 2.24) is 0 Å². The highest BCUT2D eigenvalue weighted by atomic mass is 16.6. The van der Waals surface area contributed by atoms with Gasteiger partial charge in [-0.1, -0.05) is 38.5 Å². The van der Waals surface area contributed by atoms with Gasteiger partial charge in [0.2, 0.25) is 0 Å². The molecule has 0 amide bonds. The molecule has 0 aromatic rings. The second-order valence-electron chi connectivity index (χ2n) is 4.18. The minimum atomic E-state index is -1.71. The molecular weight excluding hydrogens is 300 g/mol. The van der Waals surface area contributed by atoms with Crippen LogP contribution in [0.4, 0.5) is 0 Å². The molecular formula is C17H20O6. The van der Waals surface area contributed by atoms with Gasteiger partial charge >= 0.3 is 11.9 Å². The van der Waals surface area contributed by atoms with Crippen LogP contribution in [-0.2, 0) is 19.1 Å². The average Bonchev–Trinajstić information content (AvgIpc) is 2.56. The molecule has 124 valence electrons. The third-order valence-corrected chi connectivity index (χ3v) is 2.78. The summed E-state index contributed by atoms with van der Waals surface area (Å²) in [5.74, 6) is -1.99. The lowest BCUT2D eigenvalue weighted by Gasteiger charge is -2.32.